The summed E-state index contributed by atoms with van der Waals surface area (Å²) in [4.78, 5) is 24.1. The summed E-state index contributed by atoms with van der Waals surface area (Å²) >= 11 is 0. The highest BCUT2D eigenvalue weighted by atomic mass is 16.6. The molecular formula is C17H22O6. The van der Waals surface area contributed by atoms with E-state index >= 15 is 0 Å². The molecule has 23 heavy (non-hydrogen) atoms. The van der Waals surface area contributed by atoms with Crippen molar-refractivity contribution in [3.05, 3.63) is 41.3 Å². The van der Waals surface area contributed by atoms with Gasteiger partial charge in [-0.2, -0.15) is 0 Å². The summed E-state index contributed by atoms with van der Waals surface area (Å²) in [7, 11) is 2.59. The second kappa shape index (κ2) is 7.67. The lowest BCUT2D eigenvalue weighted by atomic mass is 10.1. The molecule has 0 aliphatic heterocycles. The summed E-state index contributed by atoms with van der Waals surface area (Å²) in [6.07, 6.45) is 1.10. The van der Waals surface area contributed by atoms with Gasteiger partial charge in [0, 0.05) is 0 Å². The molecule has 0 fully saturated rings. The average Bonchev–Trinajstić information content (AvgIpc) is 2.44. The Morgan fingerprint density at radius 2 is 1.78 bits per heavy atom. The van der Waals surface area contributed by atoms with Crippen LogP contribution < -0.4 is 4.74 Å². The third kappa shape index (κ3) is 5.32. The van der Waals surface area contributed by atoms with Gasteiger partial charge in [-0.3, -0.25) is 0 Å². The van der Waals surface area contributed by atoms with Crippen LogP contribution in [-0.4, -0.2) is 31.8 Å². The summed E-state index contributed by atoms with van der Waals surface area (Å²) in [5.41, 5.74) is 0.260. The molecule has 0 unspecified atom stereocenters. The summed E-state index contributed by atoms with van der Waals surface area (Å²) in [5, 5.41) is 0. The third-order valence-electron chi connectivity index (χ3n) is 2.67. The van der Waals surface area contributed by atoms with E-state index in [4.69, 9.17) is 14.2 Å². The number of rotatable bonds is 5. The van der Waals surface area contributed by atoms with Gasteiger partial charge >= 0.3 is 11.9 Å². The molecular weight excluding hydrogens is 300 g/mol. The molecule has 0 radical (unpaired) electrons. The minimum absolute atomic E-state index is 0.176. The summed E-state index contributed by atoms with van der Waals surface area (Å²) < 4.78 is 20.3. The Balaban J connectivity index is 3.22. The molecule has 0 amide bonds. The van der Waals surface area contributed by atoms with Crippen LogP contribution in [0.5, 0.6) is 5.75 Å². The van der Waals surface area contributed by atoms with Crippen molar-refractivity contribution in [1.29, 1.82) is 0 Å². The van der Waals surface area contributed by atoms with Crippen LogP contribution >= 0.6 is 0 Å². The Morgan fingerprint density at radius 3 is 2.30 bits per heavy atom. The summed E-state index contributed by atoms with van der Waals surface area (Å²) in [5.74, 6) is -1.24. The van der Waals surface area contributed by atoms with Crippen LogP contribution in [0, 0.1) is 6.92 Å². The zero-order valence-corrected chi connectivity index (χ0v) is 14.3. The summed E-state index contributed by atoms with van der Waals surface area (Å²) in [6.45, 7) is 7.07. The maximum atomic E-state index is 12.4. The van der Waals surface area contributed by atoms with E-state index in [0.717, 1.165) is 6.26 Å². The standard InChI is InChI=1S/C17H22O6/c1-11-8-7-9-12(14(11)16(19)23-17(2,3)4)22-13(10-20-5)15(18)21-6/h7-10H,1-6H3/b13-10+. The van der Waals surface area contributed by atoms with Crippen molar-refractivity contribution in [2.75, 3.05) is 14.2 Å². The monoisotopic (exact) mass is 322 g/mol. The number of carbonyl (C=O) groups excluding carboxylic acids is 2. The van der Waals surface area contributed by atoms with E-state index in [1.54, 1.807) is 45.9 Å². The first kappa shape index (κ1) is 18.5. The average molecular weight is 322 g/mol. The largest absolute Gasteiger partial charge is 0.500 e. The first-order valence-electron chi connectivity index (χ1n) is 7.01. The van der Waals surface area contributed by atoms with Crippen LogP contribution in [0.2, 0.25) is 0 Å². The van der Waals surface area contributed by atoms with Gasteiger partial charge in [-0.15, -0.1) is 0 Å². The molecule has 6 heteroatoms. The van der Waals surface area contributed by atoms with Gasteiger partial charge in [0.2, 0.25) is 5.76 Å². The van der Waals surface area contributed by atoms with Gasteiger partial charge in [0.25, 0.3) is 0 Å². The number of esters is 2. The lowest BCUT2D eigenvalue weighted by Gasteiger charge is -2.21. The molecule has 1 aromatic carbocycles. The molecule has 0 aliphatic carbocycles. The quantitative estimate of drug-likeness (QED) is 0.471. The van der Waals surface area contributed by atoms with Crippen molar-refractivity contribution in [3.63, 3.8) is 0 Å². The molecule has 0 heterocycles. The topological polar surface area (TPSA) is 71.1 Å². The minimum atomic E-state index is -0.719. The van der Waals surface area contributed by atoms with Crippen LogP contribution in [0.3, 0.4) is 0 Å². The highest BCUT2D eigenvalue weighted by Gasteiger charge is 2.24. The molecule has 0 bridgehead atoms. The first-order chi connectivity index (χ1) is 10.7. The predicted molar refractivity (Wildman–Crippen MR) is 84.1 cm³/mol. The smallest absolute Gasteiger partial charge is 0.377 e. The minimum Gasteiger partial charge on any atom is -0.500 e. The third-order valence-corrected chi connectivity index (χ3v) is 2.67. The fourth-order valence-corrected chi connectivity index (χ4v) is 1.76. The van der Waals surface area contributed by atoms with Gasteiger partial charge in [0.15, 0.2) is 0 Å². The zero-order valence-electron chi connectivity index (χ0n) is 14.3. The molecule has 6 nitrogen and oxygen atoms in total. The van der Waals surface area contributed by atoms with E-state index in [1.165, 1.54) is 14.2 Å². The number of ether oxygens (including phenoxy) is 4. The Kier molecular flexibility index (Phi) is 6.18. The molecule has 0 N–H and O–H groups in total. The highest BCUT2D eigenvalue weighted by molar-refractivity contribution is 5.95. The molecule has 0 spiro atoms. The second-order valence-electron chi connectivity index (χ2n) is 5.76. The van der Waals surface area contributed by atoms with Gasteiger partial charge in [-0.25, -0.2) is 9.59 Å². The Hall–Kier alpha value is -2.50. The van der Waals surface area contributed by atoms with Crippen LogP contribution in [0.15, 0.2) is 30.2 Å². The van der Waals surface area contributed by atoms with Crippen molar-refractivity contribution in [2.24, 2.45) is 0 Å². The van der Waals surface area contributed by atoms with Gasteiger partial charge < -0.3 is 18.9 Å². The van der Waals surface area contributed by atoms with E-state index in [9.17, 15) is 9.59 Å². The van der Waals surface area contributed by atoms with E-state index in [-0.39, 0.29) is 17.1 Å². The van der Waals surface area contributed by atoms with E-state index in [0.29, 0.717) is 5.56 Å². The molecule has 0 saturated heterocycles. The number of methoxy groups -OCH3 is 2. The molecule has 0 atom stereocenters. The Bertz CT molecular complexity index is 610. The van der Waals surface area contributed by atoms with Crippen LogP contribution in [-0.2, 0) is 19.0 Å². The van der Waals surface area contributed by atoms with Gasteiger partial charge in [-0.1, -0.05) is 12.1 Å². The summed E-state index contributed by atoms with van der Waals surface area (Å²) in [6, 6.07) is 5.03. The van der Waals surface area contributed by atoms with E-state index in [2.05, 4.69) is 4.74 Å². The van der Waals surface area contributed by atoms with Crippen LogP contribution in [0.1, 0.15) is 36.7 Å². The van der Waals surface area contributed by atoms with E-state index < -0.39 is 17.5 Å². The Morgan fingerprint density at radius 1 is 1.13 bits per heavy atom. The van der Waals surface area contributed by atoms with Crippen molar-refractivity contribution in [3.8, 4) is 5.75 Å². The van der Waals surface area contributed by atoms with Gasteiger partial charge in [0.05, 0.1) is 14.2 Å². The molecule has 1 aromatic rings. The lowest BCUT2D eigenvalue weighted by molar-refractivity contribution is -0.138. The van der Waals surface area contributed by atoms with Crippen LogP contribution in [0.4, 0.5) is 0 Å². The fraction of sp³-hybridized carbons (Fsp3) is 0.412. The lowest BCUT2D eigenvalue weighted by Crippen LogP contribution is -2.25. The zero-order chi connectivity index (χ0) is 17.6. The molecule has 0 aromatic heterocycles. The number of hydrogen-bond donors (Lipinski definition) is 0. The number of hydrogen-bond acceptors (Lipinski definition) is 6. The molecule has 126 valence electrons. The second-order valence-corrected chi connectivity index (χ2v) is 5.76. The molecule has 1 rings (SSSR count). The number of aryl methyl sites for hydroxylation is 1. The molecule has 0 saturated carbocycles. The van der Waals surface area contributed by atoms with Gasteiger partial charge in [-0.05, 0) is 39.3 Å². The maximum Gasteiger partial charge on any atom is 0.377 e. The number of benzene rings is 1. The SMILES string of the molecule is CO/C=C(/Oc1cccc(C)c1C(=O)OC(C)(C)C)C(=O)OC. The molecule has 0 aliphatic rings. The van der Waals surface area contributed by atoms with Crippen molar-refractivity contribution < 1.29 is 28.5 Å². The van der Waals surface area contributed by atoms with Crippen molar-refractivity contribution in [2.45, 2.75) is 33.3 Å². The van der Waals surface area contributed by atoms with E-state index in [1.807, 2.05) is 0 Å². The van der Waals surface area contributed by atoms with Crippen molar-refractivity contribution >= 4 is 11.9 Å². The Labute approximate surface area is 136 Å². The van der Waals surface area contributed by atoms with Crippen molar-refractivity contribution in [1.82, 2.24) is 0 Å². The van der Waals surface area contributed by atoms with Gasteiger partial charge in [0.1, 0.15) is 23.2 Å². The maximum absolute atomic E-state index is 12.4. The first-order valence-corrected chi connectivity index (χ1v) is 7.01. The van der Waals surface area contributed by atoms with Crippen LogP contribution in [0.25, 0.3) is 0 Å². The highest BCUT2D eigenvalue weighted by Crippen LogP contribution is 2.27. The fourth-order valence-electron chi connectivity index (χ4n) is 1.76. The number of carbonyl (C=O) groups is 2. The predicted octanol–water partition coefficient (Wildman–Crippen LogP) is 2.99. The normalized spacial score (nSPS) is 11.7.